The average Bonchev–Trinajstić information content (AvgIpc) is 2.47. The van der Waals surface area contributed by atoms with Gasteiger partial charge in [0.2, 0.25) is 0 Å². The smallest absolute Gasteiger partial charge is 0.319 e. The van der Waals surface area contributed by atoms with Crippen LogP contribution in [-0.2, 0) is 0 Å². The largest absolute Gasteiger partial charge is 0.495 e. The summed E-state index contributed by atoms with van der Waals surface area (Å²) in [5, 5.41) is 9.17. The van der Waals surface area contributed by atoms with Crippen LogP contribution in [0.1, 0.15) is 19.8 Å². The van der Waals surface area contributed by atoms with Crippen LogP contribution in [0.5, 0.6) is 5.75 Å². The molecule has 0 bridgehead atoms. The fraction of sp³-hybridized carbons (Fsp3) is 0.533. The Morgan fingerprint density at radius 1 is 1.45 bits per heavy atom. The monoisotopic (exact) mass is 277 g/mol. The molecule has 1 fully saturated rings. The van der Waals surface area contributed by atoms with Gasteiger partial charge in [0.15, 0.2) is 0 Å². The Bertz CT molecular complexity index is 450. The predicted molar refractivity (Wildman–Crippen MR) is 80.2 cm³/mol. The van der Waals surface area contributed by atoms with E-state index in [2.05, 4.69) is 22.9 Å². The van der Waals surface area contributed by atoms with E-state index in [0.29, 0.717) is 29.9 Å². The van der Waals surface area contributed by atoms with Crippen molar-refractivity contribution in [3.8, 4) is 5.75 Å². The molecule has 20 heavy (non-hydrogen) atoms. The van der Waals surface area contributed by atoms with E-state index < -0.39 is 0 Å². The Hall–Kier alpha value is -1.75. The summed E-state index contributed by atoms with van der Waals surface area (Å²) in [4.78, 5) is 11.9. The summed E-state index contributed by atoms with van der Waals surface area (Å²) in [7, 11) is 1.59. The van der Waals surface area contributed by atoms with Gasteiger partial charge < -0.3 is 20.7 Å². The van der Waals surface area contributed by atoms with Crippen LogP contribution in [0.3, 0.4) is 0 Å². The fourth-order valence-electron chi connectivity index (χ4n) is 2.50. The maximum Gasteiger partial charge on any atom is 0.319 e. The molecule has 0 aliphatic carbocycles. The van der Waals surface area contributed by atoms with Gasteiger partial charge in [-0.05, 0) is 37.4 Å². The number of rotatable bonds is 4. The highest BCUT2D eigenvalue weighted by Gasteiger charge is 2.21. The molecule has 0 radical (unpaired) electrons. The summed E-state index contributed by atoms with van der Waals surface area (Å²) in [6.45, 7) is 3.89. The van der Waals surface area contributed by atoms with E-state index in [1.54, 1.807) is 7.11 Å². The minimum atomic E-state index is -0.200. The van der Waals surface area contributed by atoms with Crippen LogP contribution in [0, 0.1) is 5.92 Å². The molecule has 2 unspecified atom stereocenters. The third-order valence-electron chi connectivity index (χ3n) is 3.77. The summed E-state index contributed by atoms with van der Waals surface area (Å²) < 4.78 is 5.20. The van der Waals surface area contributed by atoms with Crippen molar-refractivity contribution in [1.82, 2.24) is 10.6 Å². The Morgan fingerprint density at radius 3 is 3.00 bits per heavy atom. The van der Waals surface area contributed by atoms with Gasteiger partial charge in [0, 0.05) is 12.6 Å². The van der Waals surface area contributed by atoms with Crippen LogP contribution in [0.25, 0.3) is 0 Å². The van der Waals surface area contributed by atoms with E-state index >= 15 is 0 Å². The third kappa shape index (κ3) is 3.87. The second-order valence-electron chi connectivity index (χ2n) is 5.22. The van der Waals surface area contributed by atoms with Crippen molar-refractivity contribution in [1.29, 1.82) is 0 Å². The Kier molecular flexibility index (Phi) is 5.24. The molecule has 1 heterocycles. The minimum absolute atomic E-state index is 0.200. The maximum atomic E-state index is 11.9. The highest BCUT2D eigenvalue weighted by atomic mass is 16.5. The van der Waals surface area contributed by atoms with Crippen LogP contribution in [0.4, 0.5) is 10.5 Å². The van der Waals surface area contributed by atoms with Gasteiger partial charge in [0.1, 0.15) is 5.75 Å². The van der Waals surface area contributed by atoms with Crippen molar-refractivity contribution in [3.63, 3.8) is 0 Å². The Morgan fingerprint density at radius 2 is 2.25 bits per heavy atom. The number of amides is 2. The van der Waals surface area contributed by atoms with Gasteiger partial charge in [-0.2, -0.15) is 0 Å². The molecule has 1 aliphatic heterocycles. The van der Waals surface area contributed by atoms with E-state index in [-0.39, 0.29) is 6.03 Å². The molecule has 0 spiro atoms. The molecular formula is C15H23N3O2. The van der Waals surface area contributed by atoms with Gasteiger partial charge in [0.05, 0.1) is 12.8 Å². The number of hydrogen-bond acceptors (Lipinski definition) is 3. The lowest BCUT2D eigenvalue weighted by molar-refractivity contribution is 0.244. The van der Waals surface area contributed by atoms with Gasteiger partial charge in [-0.15, -0.1) is 0 Å². The number of para-hydroxylation sites is 2. The first kappa shape index (κ1) is 14.7. The first-order valence-corrected chi connectivity index (χ1v) is 7.12. The van der Waals surface area contributed by atoms with E-state index in [4.69, 9.17) is 4.74 Å². The quantitative estimate of drug-likeness (QED) is 0.790. The van der Waals surface area contributed by atoms with Crippen LogP contribution >= 0.6 is 0 Å². The number of methoxy groups -OCH3 is 1. The third-order valence-corrected chi connectivity index (χ3v) is 3.77. The minimum Gasteiger partial charge on any atom is -0.495 e. The van der Waals surface area contributed by atoms with Gasteiger partial charge in [-0.25, -0.2) is 4.79 Å². The Balaban J connectivity index is 1.83. The average molecular weight is 277 g/mol. The summed E-state index contributed by atoms with van der Waals surface area (Å²) in [5.41, 5.74) is 0.678. The SMILES string of the molecule is COc1ccccc1NC(=O)NCC1NCCCC1C. The first-order valence-electron chi connectivity index (χ1n) is 7.12. The normalized spacial score (nSPS) is 22.1. The summed E-state index contributed by atoms with van der Waals surface area (Å²) >= 11 is 0. The van der Waals surface area contributed by atoms with Crippen molar-refractivity contribution in [2.45, 2.75) is 25.8 Å². The molecule has 110 valence electrons. The number of urea groups is 1. The molecule has 3 N–H and O–H groups in total. The lowest BCUT2D eigenvalue weighted by Gasteiger charge is -2.30. The molecule has 1 saturated heterocycles. The highest BCUT2D eigenvalue weighted by molar-refractivity contribution is 5.90. The van der Waals surface area contributed by atoms with Crippen molar-refractivity contribution in [2.75, 3.05) is 25.5 Å². The molecule has 2 amide bonds. The van der Waals surface area contributed by atoms with Crippen molar-refractivity contribution >= 4 is 11.7 Å². The Labute approximate surface area is 120 Å². The number of hydrogen-bond donors (Lipinski definition) is 3. The molecule has 1 aromatic rings. The number of carbonyl (C=O) groups is 1. The molecule has 1 aliphatic rings. The standard InChI is InChI=1S/C15H23N3O2/c1-11-6-5-9-16-13(11)10-17-15(19)18-12-7-3-4-8-14(12)20-2/h3-4,7-8,11,13,16H,5-6,9-10H2,1-2H3,(H2,17,18,19). The summed E-state index contributed by atoms with van der Waals surface area (Å²) in [6.07, 6.45) is 2.43. The number of nitrogens with one attached hydrogen (secondary N) is 3. The number of piperidine rings is 1. The van der Waals surface area contributed by atoms with Gasteiger partial charge in [-0.3, -0.25) is 0 Å². The predicted octanol–water partition coefficient (Wildman–Crippen LogP) is 2.20. The van der Waals surface area contributed by atoms with Crippen molar-refractivity contribution in [3.05, 3.63) is 24.3 Å². The zero-order valence-electron chi connectivity index (χ0n) is 12.1. The molecule has 1 aromatic carbocycles. The van der Waals surface area contributed by atoms with Crippen LogP contribution in [0.15, 0.2) is 24.3 Å². The molecule has 5 nitrogen and oxygen atoms in total. The van der Waals surface area contributed by atoms with E-state index in [1.165, 1.54) is 12.8 Å². The lowest BCUT2D eigenvalue weighted by atomic mass is 9.93. The fourth-order valence-corrected chi connectivity index (χ4v) is 2.50. The zero-order valence-corrected chi connectivity index (χ0v) is 12.1. The molecule has 0 aromatic heterocycles. The van der Waals surface area contributed by atoms with Crippen LogP contribution < -0.4 is 20.7 Å². The zero-order chi connectivity index (χ0) is 14.4. The summed E-state index contributed by atoms with van der Waals surface area (Å²) in [6, 6.07) is 7.53. The first-order chi connectivity index (χ1) is 9.70. The number of ether oxygens (including phenoxy) is 1. The van der Waals surface area contributed by atoms with Crippen LogP contribution in [0.2, 0.25) is 0 Å². The van der Waals surface area contributed by atoms with E-state index in [0.717, 1.165) is 6.54 Å². The van der Waals surface area contributed by atoms with Gasteiger partial charge >= 0.3 is 6.03 Å². The number of benzene rings is 1. The van der Waals surface area contributed by atoms with E-state index in [1.807, 2.05) is 24.3 Å². The van der Waals surface area contributed by atoms with E-state index in [9.17, 15) is 4.79 Å². The number of carbonyl (C=O) groups excluding carboxylic acids is 1. The number of anilines is 1. The van der Waals surface area contributed by atoms with Gasteiger partial charge in [0.25, 0.3) is 0 Å². The molecule has 5 heteroatoms. The van der Waals surface area contributed by atoms with Crippen molar-refractivity contribution < 1.29 is 9.53 Å². The summed E-state index contributed by atoms with van der Waals surface area (Å²) in [5.74, 6) is 1.25. The molecule has 0 saturated carbocycles. The maximum absolute atomic E-state index is 11.9. The lowest BCUT2D eigenvalue weighted by Crippen LogP contribution is -2.48. The second kappa shape index (κ2) is 7.14. The molecule has 2 rings (SSSR count). The second-order valence-corrected chi connectivity index (χ2v) is 5.22. The van der Waals surface area contributed by atoms with Gasteiger partial charge in [-0.1, -0.05) is 19.1 Å². The highest BCUT2D eigenvalue weighted by Crippen LogP contribution is 2.22. The molecule has 2 atom stereocenters. The topological polar surface area (TPSA) is 62.4 Å². The van der Waals surface area contributed by atoms with Crippen LogP contribution in [-0.4, -0.2) is 32.3 Å². The molecular weight excluding hydrogens is 254 g/mol. The van der Waals surface area contributed by atoms with Crippen molar-refractivity contribution in [2.24, 2.45) is 5.92 Å².